The molecule has 0 atom stereocenters. The zero-order chi connectivity index (χ0) is 18.7. The normalized spacial score (nSPS) is 15.2. The first-order valence-corrected chi connectivity index (χ1v) is 9.03. The van der Waals surface area contributed by atoms with E-state index in [0.29, 0.717) is 37.6 Å². The zero-order valence-corrected chi connectivity index (χ0v) is 15.6. The molecule has 1 saturated heterocycles. The summed E-state index contributed by atoms with van der Waals surface area (Å²) in [5.74, 6) is 0.514. The fourth-order valence-electron chi connectivity index (χ4n) is 3.31. The maximum atomic E-state index is 13.2. The second-order valence-corrected chi connectivity index (χ2v) is 6.86. The molecular weight excluding hydrogens is 330 g/mol. The van der Waals surface area contributed by atoms with E-state index in [9.17, 15) is 9.59 Å². The zero-order valence-electron chi connectivity index (χ0n) is 15.6. The predicted molar refractivity (Wildman–Crippen MR) is 100 cm³/mol. The van der Waals surface area contributed by atoms with E-state index >= 15 is 0 Å². The van der Waals surface area contributed by atoms with E-state index in [-0.39, 0.29) is 17.7 Å². The Morgan fingerprint density at radius 1 is 1.08 bits per heavy atom. The number of carbonyl (C=O) groups is 2. The second kappa shape index (κ2) is 7.72. The number of methoxy groups -OCH3 is 1. The van der Waals surface area contributed by atoms with Crippen molar-refractivity contribution in [3.05, 3.63) is 35.9 Å². The summed E-state index contributed by atoms with van der Waals surface area (Å²) in [6, 6.07) is 9.28. The quantitative estimate of drug-likeness (QED) is 0.849. The number of nitrogens with zero attached hydrogens (tertiary/aromatic N) is 3. The summed E-state index contributed by atoms with van der Waals surface area (Å²) in [5.41, 5.74) is 1.33. The minimum Gasteiger partial charge on any atom is -0.481 e. The number of benzene rings is 1. The molecule has 6 nitrogen and oxygen atoms in total. The highest BCUT2D eigenvalue weighted by atomic mass is 16.5. The Labute approximate surface area is 153 Å². The van der Waals surface area contributed by atoms with Crippen LogP contribution in [0.25, 0.3) is 10.9 Å². The van der Waals surface area contributed by atoms with Crippen LogP contribution in [0.4, 0.5) is 0 Å². The molecule has 0 saturated carbocycles. The van der Waals surface area contributed by atoms with E-state index in [1.54, 1.807) is 13.2 Å². The number of hydrogen-bond donors (Lipinski definition) is 0. The van der Waals surface area contributed by atoms with E-state index in [4.69, 9.17) is 4.74 Å². The van der Waals surface area contributed by atoms with Crippen LogP contribution in [-0.2, 0) is 4.79 Å². The molecule has 0 bridgehead atoms. The molecule has 1 aromatic carbocycles. The van der Waals surface area contributed by atoms with Crippen molar-refractivity contribution in [1.82, 2.24) is 14.8 Å². The molecule has 0 unspecified atom stereocenters. The van der Waals surface area contributed by atoms with Crippen LogP contribution in [0.15, 0.2) is 30.3 Å². The Bertz CT molecular complexity index is 819. The summed E-state index contributed by atoms with van der Waals surface area (Å²) in [6.07, 6.45) is 0.782. The Morgan fingerprint density at radius 2 is 1.77 bits per heavy atom. The van der Waals surface area contributed by atoms with Crippen LogP contribution in [0.2, 0.25) is 0 Å². The van der Waals surface area contributed by atoms with Gasteiger partial charge in [-0.15, -0.1) is 0 Å². The van der Waals surface area contributed by atoms with Crippen molar-refractivity contribution in [2.75, 3.05) is 33.3 Å². The fourth-order valence-corrected chi connectivity index (χ4v) is 3.31. The van der Waals surface area contributed by atoms with Crippen molar-refractivity contribution in [1.29, 1.82) is 0 Å². The smallest absolute Gasteiger partial charge is 0.254 e. The monoisotopic (exact) mass is 355 g/mol. The van der Waals surface area contributed by atoms with Gasteiger partial charge in [-0.3, -0.25) is 9.59 Å². The third-order valence-corrected chi connectivity index (χ3v) is 4.72. The number of para-hydroxylation sites is 1. The van der Waals surface area contributed by atoms with E-state index in [2.05, 4.69) is 4.98 Å². The third-order valence-electron chi connectivity index (χ3n) is 4.72. The molecule has 2 amide bonds. The van der Waals surface area contributed by atoms with Gasteiger partial charge >= 0.3 is 0 Å². The van der Waals surface area contributed by atoms with Gasteiger partial charge in [0, 0.05) is 43.5 Å². The summed E-state index contributed by atoms with van der Waals surface area (Å²) in [6.45, 7) is 6.26. The Morgan fingerprint density at radius 3 is 2.50 bits per heavy atom. The van der Waals surface area contributed by atoms with Crippen LogP contribution < -0.4 is 4.74 Å². The third kappa shape index (κ3) is 3.64. The van der Waals surface area contributed by atoms with Crippen LogP contribution in [-0.4, -0.2) is 59.9 Å². The molecule has 0 aliphatic carbocycles. The second-order valence-electron chi connectivity index (χ2n) is 6.86. The highest BCUT2D eigenvalue weighted by Gasteiger charge is 2.25. The van der Waals surface area contributed by atoms with Gasteiger partial charge in [0.25, 0.3) is 5.91 Å². The number of hydrogen-bond acceptors (Lipinski definition) is 4. The lowest BCUT2D eigenvalue weighted by atomic mass is 10.1. The standard InChI is InChI=1S/C20H25N3O3/c1-14(2)19(24)22-9-6-10-23(12-11-22)20(25)16-13-18(26-3)21-17-8-5-4-7-15(16)17/h4-5,7-8,13-14H,6,9-12H2,1-3H3. The fraction of sp³-hybridized carbons (Fsp3) is 0.450. The molecule has 2 heterocycles. The van der Waals surface area contributed by atoms with Gasteiger partial charge in [0.15, 0.2) is 0 Å². The van der Waals surface area contributed by atoms with Crippen LogP contribution in [0.5, 0.6) is 5.88 Å². The van der Waals surface area contributed by atoms with Crippen molar-refractivity contribution in [2.24, 2.45) is 5.92 Å². The summed E-state index contributed by atoms with van der Waals surface area (Å²) in [7, 11) is 1.55. The highest BCUT2D eigenvalue weighted by molar-refractivity contribution is 6.06. The lowest BCUT2D eigenvalue weighted by Gasteiger charge is -2.24. The lowest BCUT2D eigenvalue weighted by Crippen LogP contribution is -2.39. The Balaban J connectivity index is 1.86. The average Bonchev–Trinajstić information content (AvgIpc) is 2.92. The molecular formula is C20H25N3O3. The van der Waals surface area contributed by atoms with Crippen molar-refractivity contribution in [3.8, 4) is 5.88 Å². The molecule has 1 aliphatic rings. The first kappa shape index (κ1) is 18.2. The SMILES string of the molecule is COc1cc(C(=O)N2CCCN(C(=O)C(C)C)CC2)c2ccccc2n1. The first-order chi connectivity index (χ1) is 12.5. The number of ether oxygens (including phenoxy) is 1. The van der Waals surface area contributed by atoms with Gasteiger partial charge in [-0.25, -0.2) is 4.98 Å². The summed E-state index contributed by atoms with van der Waals surface area (Å²) < 4.78 is 5.27. The van der Waals surface area contributed by atoms with Gasteiger partial charge in [-0.1, -0.05) is 32.0 Å². The number of fused-ring (bicyclic) bond motifs is 1. The Kier molecular flexibility index (Phi) is 5.40. The van der Waals surface area contributed by atoms with E-state index in [1.807, 2.05) is 47.9 Å². The van der Waals surface area contributed by atoms with E-state index in [1.165, 1.54) is 0 Å². The average molecular weight is 355 g/mol. The van der Waals surface area contributed by atoms with Crippen molar-refractivity contribution in [3.63, 3.8) is 0 Å². The summed E-state index contributed by atoms with van der Waals surface area (Å²) in [4.78, 5) is 33.5. The molecule has 1 aromatic heterocycles. The number of amides is 2. The van der Waals surface area contributed by atoms with Crippen LogP contribution in [0.1, 0.15) is 30.6 Å². The topological polar surface area (TPSA) is 62.7 Å². The molecule has 6 heteroatoms. The van der Waals surface area contributed by atoms with Crippen LogP contribution in [0, 0.1) is 5.92 Å². The minimum absolute atomic E-state index is 0.0225. The first-order valence-electron chi connectivity index (χ1n) is 9.03. The molecule has 1 aliphatic heterocycles. The van der Waals surface area contributed by atoms with E-state index in [0.717, 1.165) is 17.3 Å². The van der Waals surface area contributed by atoms with Gasteiger partial charge in [0.1, 0.15) is 0 Å². The number of carbonyl (C=O) groups excluding carboxylic acids is 2. The predicted octanol–water partition coefficient (Wildman–Crippen LogP) is 2.57. The van der Waals surface area contributed by atoms with E-state index < -0.39 is 0 Å². The Hall–Kier alpha value is -2.63. The summed E-state index contributed by atoms with van der Waals surface area (Å²) in [5, 5.41) is 0.817. The van der Waals surface area contributed by atoms with Crippen LogP contribution >= 0.6 is 0 Å². The minimum atomic E-state index is -0.0410. The largest absolute Gasteiger partial charge is 0.481 e. The van der Waals surface area contributed by atoms with Gasteiger partial charge in [-0.05, 0) is 12.5 Å². The van der Waals surface area contributed by atoms with Crippen molar-refractivity contribution in [2.45, 2.75) is 20.3 Å². The maximum Gasteiger partial charge on any atom is 0.254 e. The van der Waals surface area contributed by atoms with Crippen molar-refractivity contribution >= 4 is 22.7 Å². The lowest BCUT2D eigenvalue weighted by molar-refractivity contribution is -0.134. The maximum absolute atomic E-state index is 13.2. The van der Waals surface area contributed by atoms with Gasteiger partial charge in [0.2, 0.25) is 11.8 Å². The molecule has 0 spiro atoms. The molecule has 0 radical (unpaired) electrons. The molecule has 1 fully saturated rings. The summed E-state index contributed by atoms with van der Waals surface area (Å²) >= 11 is 0. The van der Waals surface area contributed by atoms with Crippen LogP contribution in [0.3, 0.4) is 0 Å². The number of pyridine rings is 1. The molecule has 2 aromatic rings. The highest BCUT2D eigenvalue weighted by Crippen LogP contribution is 2.24. The molecule has 0 N–H and O–H groups in total. The number of rotatable bonds is 3. The molecule has 26 heavy (non-hydrogen) atoms. The molecule has 138 valence electrons. The molecule has 3 rings (SSSR count). The van der Waals surface area contributed by atoms with Gasteiger partial charge in [-0.2, -0.15) is 0 Å². The van der Waals surface area contributed by atoms with Gasteiger partial charge in [0.05, 0.1) is 18.2 Å². The van der Waals surface area contributed by atoms with Gasteiger partial charge < -0.3 is 14.5 Å². The van der Waals surface area contributed by atoms with Crippen molar-refractivity contribution < 1.29 is 14.3 Å². The number of aromatic nitrogens is 1.